The van der Waals surface area contributed by atoms with E-state index in [1.54, 1.807) is 0 Å². The standard InChI is InChI=1S/C10H26N2O2Si/c1-6-10(11,12)9(4,5)15(13-7-2)14-8-3/h15H,6-8,11-12H2,1-5H3. The molecule has 0 spiro atoms. The maximum Gasteiger partial charge on any atom is 0.330 e. The molecule has 4 N–H and O–H groups in total. The first kappa shape index (κ1) is 15.1. The molecule has 0 aliphatic rings. The maximum atomic E-state index is 6.11. The van der Waals surface area contributed by atoms with E-state index in [0.717, 1.165) is 0 Å². The highest BCUT2D eigenvalue weighted by molar-refractivity contribution is 6.49. The van der Waals surface area contributed by atoms with E-state index in [4.69, 9.17) is 20.3 Å². The van der Waals surface area contributed by atoms with Crippen molar-refractivity contribution in [1.82, 2.24) is 0 Å². The molecule has 0 aromatic rings. The normalized spacial score (nSPS) is 13.6. The topological polar surface area (TPSA) is 70.5 Å². The zero-order valence-corrected chi connectivity index (χ0v) is 11.8. The highest BCUT2D eigenvalue weighted by Gasteiger charge is 2.46. The smallest absolute Gasteiger partial charge is 0.330 e. The molecule has 0 aromatic carbocycles. The summed E-state index contributed by atoms with van der Waals surface area (Å²) in [5.74, 6) is 0. The zero-order valence-electron chi connectivity index (χ0n) is 10.7. The first-order valence-electron chi connectivity index (χ1n) is 5.64. The van der Waals surface area contributed by atoms with Crippen LogP contribution in [0.3, 0.4) is 0 Å². The largest absolute Gasteiger partial charge is 0.396 e. The van der Waals surface area contributed by atoms with Crippen molar-refractivity contribution in [2.45, 2.75) is 51.7 Å². The van der Waals surface area contributed by atoms with Crippen LogP contribution in [0.25, 0.3) is 0 Å². The van der Waals surface area contributed by atoms with Gasteiger partial charge in [0.05, 0.1) is 5.66 Å². The van der Waals surface area contributed by atoms with Crippen LogP contribution in [0.15, 0.2) is 0 Å². The Balaban J connectivity index is 4.75. The Morgan fingerprint density at radius 3 is 1.67 bits per heavy atom. The molecule has 5 heteroatoms. The lowest BCUT2D eigenvalue weighted by Gasteiger charge is -2.43. The Hall–Kier alpha value is 0.0569. The molecule has 0 aliphatic heterocycles. The molecule has 0 aliphatic carbocycles. The van der Waals surface area contributed by atoms with Crippen molar-refractivity contribution in [1.29, 1.82) is 0 Å². The molecule has 15 heavy (non-hydrogen) atoms. The summed E-state index contributed by atoms with van der Waals surface area (Å²) >= 11 is 0. The van der Waals surface area contributed by atoms with Crippen LogP contribution < -0.4 is 11.5 Å². The van der Waals surface area contributed by atoms with Gasteiger partial charge in [-0.05, 0) is 20.3 Å². The van der Waals surface area contributed by atoms with Crippen LogP contribution in [0, 0.1) is 0 Å². The lowest BCUT2D eigenvalue weighted by molar-refractivity contribution is 0.160. The first-order chi connectivity index (χ1) is 6.83. The van der Waals surface area contributed by atoms with E-state index >= 15 is 0 Å². The van der Waals surface area contributed by atoms with Crippen LogP contribution in [0.2, 0.25) is 5.04 Å². The average molecular weight is 234 g/mol. The van der Waals surface area contributed by atoms with Gasteiger partial charge in [-0.15, -0.1) is 0 Å². The summed E-state index contributed by atoms with van der Waals surface area (Å²) in [6.07, 6.45) is 0.712. The minimum Gasteiger partial charge on any atom is -0.396 e. The van der Waals surface area contributed by atoms with Gasteiger partial charge in [-0.25, -0.2) is 0 Å². The predicted molar refractivity (Wildman–Crippen MR) is 65.8 cm³/mol. The van der Waals surface area contributed by atoms with Crippen molar-refractivity contribution >= 4 is 9.28 Å². The van der Waals surface area contributed by atoms with Gasteiger partial charge in [-0.2, -0.15) is 0 Å². The van der Waals surface area contributed by atoms with E-state index < -0.39 is 14.9 Å². The van der Waals surface area contributed by atoms with Gasteiger partial charge in [-0.3, -0.25) is 0 Å². The molecule has 0 unspecified atom stereocenters. The fraction of sp³-hybridized carbons (Fsp3) is 1.00. The summed E-state index contributed by atoms with van der Waals surface area (Å²) in [7, 11) is -1.84. The van der Waals surface area contributed by atoms with Crippen LogP contribution in [-0.4, -0.2) is 28.2 Å². The highest BCUT2D eigenvalue weighted by atomic mass is 28.3. The molecule has 92 valence electrons. The molecule has 0 radical (unpaired) electrons. The lowest BCUT2D eigenvalue weighted by atomic mass is 9.94. The van der Waals surface area contributed by atoms with Crippen molar-refractivity contribution in [2.75, 3.05) is 13.2 Å². The Kier molecular flexibility index (Phi) is 5.98. The fourth-order valence-corrected chi connectivity index (χ4v) is 3.62. The van der Waals surface area contributed by atoms with E-state index in [0.29, 0.717) is 19.6 Å². The van der Waals surface area contributed by atoms with Gasteiger partial charge in [-0.1, -0.05) is 20.8 Å². The Morgan fingerprint density at radius 1 is 1.00 bits per heavy atom. The van der Waals surface area contributed by atoms with E-state index in [1.807, 2.05) is 34.6 Å². The van der Waals surface area contributed by atoms with Crippen LogP contribution in [0.4, 0.5) is 0 Å². The third-order valence-corrected chi connectivity index (χ3v) is 6.00. The minimum atomic E-state index is -1.84. The zero-order chi connectivity index (χ0) is 12.1. The van der Waals surface area contributed by atoms with Crippen LogP contribution in [0.1, 0.15) is 41.0 Å². The number of hydrogen-bond acceptors (Lipinski definition) is 4. The number of nitrogens with two attached hydrogens (primary N) is 2. The lowest BCUT2D eigenvalue weighted by Crippen LogP contribution is -2.62. The van der Waals surface area contributed by atoms with Gasteiger partial charge in [0.15, 0.2) is 0 Å². The van der Waals surface area contributed by atoms with Crippen LogP contribution >= 0.6 is 0 Å². The number of rotatable bonds is 7. The van der Waals surface area contributed by atoms with Crippen LogP contribution in [0.5, 0.6) is 0 Å². The monoisotopic (exact) mass is 234 g/mol. The minimum absolute atomic E-state index is 0.284. The van der Waals surface area contributed by atoms with Crippen LogP contribution in [-0.2, 0) is 8.85 Å². The van der Waals surface area contributed by atoms with E-state index in [1.165, 1.54) is 0 Å². The second-order valence-corrected chi connectivity index (χ2v) is 7.13. The summed E-state index contributed by atoms with van der Waals surface area (Å²) in [6.45, 7) is 11.3. The third kappa shape index (κ3) is 3.53. The SMILES string of the molecule is CCO[SiH](OCC)C(C)(C)C(N)(N)CC. The molecule has 0 bridgehead atoms. The third-order valence-electron chi connectivity index (χ3n) is 3.01. The van der Waals surface area contributed by atoms with Crippen molar-refractivity contribution in [2.24, 2.45) is 11.5 Å². The fourth-order valence-electron chi connectivity index (χ4n) is 1.44. The highest BCUT2D eigenvalue weighted by Crippen LogP contribution is 2.38. The van der Waals surface area contributed by atoms with Crippen molar-refractivity contribution in [3.8, 4) is 0 Å². The molecular formula is C10H26N2O2Si. The molecule has 0 atom stereocenters. The summed E-state index contributed by atoms with van der Waals surface area (Å²) < 4.78 is 11.4. The summed E-state index contributed by atoms with van der Waals surface area (Å²) in [5.41, 5.74) is 11.5. The molecule has 0 rings (SSSR count). The molecule has 0 fully saturated rings. The van der Waals surface area contributed by atoms with Gasteiger partial charge in [0, 0.05) is 18.3 Å². The second kappa shape index (κ2) is 5.96. The second-order valence-electron chi connectivity index (χ2n) is 4.36. The molecule has 0 amide bonds. The molecule has 4 nitrogen and oxygen atoms in total. The van der Waals surface area contributed by atoms with Crippen molar-refractivity contribution in [3.63, 3.8) is 0 Å². The summed E-state index contributed by atoms with van der Waals surface area (Å²) in [6, 6.07) is 0. The maximum absolute atomic E-state index is 6.11. The van der Waals surface area contributed by atoms with Gasteiger partial charge >= 0.3 is 9.28 Å². The summed E-state index contributed by atoms with van der Waals surface area (Å²) in [4.78, 5) is 0. The van der Waals surface area contributed by atoms with E-state index in [-0.39, 0.29) is 5.04 Å². The predicted octanol–water partition coefficient (Wildman–Crippen LogP) is 1.08. The Morgan fingerprint density at radius 2 is 1.40 bits per heavy atom. The molecule has 0 saturated heterocycles. The van der Waals surface area contributed by atoms with Crippen molar-refractivity contribution < 1.29 is 8.85 Å². The quantitative estimate of drug-likeness (QED) is 0.511. The van der Waals surface area contributed by atoms with Crippen molar-refractivity contribution in [3.05, 3.63) is 0 Å². The Labute approximate surface area is 95.2 Å². The first-order valence-corrected chi connectivity index (χ1v) is 7.16. The molecular weight excluding hydrogens is 208 g/mol. The summed E-state index contributed by atoms with van der Waals surface area (Å²) in [5, 5.41) is -0.284. The molecule has 0 aromatic heterocycles. The van der Waals surface area contributed by atoms with Gasteiger partial charge in [0.2, 0.25) is 0 Å². The van der Waals surface area contributed by atoms with Gasteiger partial charge in [0.1, 0.15) is 0 Å². The van der Waals surface area contributed by atoms with E-state index in [9.17, 15) is 0 Å². The van der Waals surface area contributed by atoms with E-state index in [2.05, 4.69) is 0 Å². The molecule has 0 heterocycles. The van der Waals surface area contributed by atoms with Gasteiger partial charge < -0.3 is 20.3 Å². The average Bonchev–Trinajstić information content (AvgIpc) is 2.17. The van der Waals surface area contributed by atoms with Gasteiger partial charge in [0.25, 0.3) is 0 Å². The number of hydrogen-bond donors (Lipinski definition) is 2. The Bertz CT molecular complexity index is 180. The molecule has 0 saturated carbocycles.